The molecule has 0 atom stereocenters. The van der Waals surface area contributed by atoms with Crippen LogP contribution in [0.5, 0.6) is 0 Å². The molecule has 0 bridgehead atoms. The highest BCUT2D eigenvalue weighted by Crippen LogP contribution is 2.07. The molecule has 2 aromatic heterocycles. The van der Waals surface area contributed by atoms with Gasteiger partial charge >= 0.3 is 0 Å². The van der Waals surface area contributed by atoms with Gasteiger partial charge in [0.15, 0.2) is 6.39 Å². The predicted molar refractivity (Wildman–Crippen MR) is 59.6 cm³/mol. The molecule has 0 saturated heterocycles. The van der Waals surface area contributed by atoms with E-state index in [0.29, 0.717) is 6.54 Å². The molecular weight excluding hydrogens is 204 g/mol. The number of hydrogen-bond acceptors (Lipinski definition) is 4. The van der Waals surface area contributed by atoms with E-state index in [0.717, 1.165) is 24.4 Å². The summed E-state index contributed by atoms with van der Waals surface area (Å²) < 4.78 is 6.99. The Labute approximate surface area is 94.5 Å². The third-order valence-corrected chi connectivity index (χ3v) is 2.42. The van der Waals surface area contributed by atoms with E-state index < -0.39 is 0 Å². The summed E-state index contributed by atoms with van der Waals surface area (Å²) in [6, 6.07) is 0. The van der Waals surface area contributed by atoms with Crippen molar-refractivity contribution in [2.75, 3.05) is 0 Å². The quantitative estimate of drug-likeness (QED) is 0.824. The van der Waals surface area contributed by atoms with Crippen molar-refractivity contribution in [2.45, 2.75) is 26.4 Å². The van der Waals surface area contributed by atoms with Gasteiger partial charge in [-0.05, 0) is 6.42 Å². The number of aryl methyl sites for hydroxylation is 2. The SMILES string of the molecule is CCc1nn(C)cc1CNCc1cnco1. The highest BCUT2D eigenvalue weighted by Gasteiger charge is 2.05. The van der Waals surface area contributed by atoms with Gasteiger partial charge in [0.2, 0.25) is 0 Å². The van der Waals surface area contributed by atoms with Crippen LogP contribution in [0, 0.1) is 0 Å². The van der Waals surface area contributed by atoms with Crippen LogP contribution in [-0.4, -0.2) is 14.8 Å². The average Bonchev–Trinajstić information content (AvgIpc) is 2.88. The van der Waals surface area contributed by atoms with Crippen LogP contribution in [0.4, 0.5) is 0 Å². The van der Waals surface area contributed by atoms with Crippen LogP contribution in [0.1, 0.15) is 23.9 Å². The summed E-state index contributed by atoms with van der Waals surface area (Å²) in [6.07, 6.45) is 6.17. The zero-order chi connectivity index (χ0) is 11.4. The molecule has 0 fully saturated rings. The zero-order valence-electron chi connectivity index (χ0n) is 9.60. The van der Waals surface area contributed by atoms with Crippen LogP contribution in [-0.2, 0) is 26.6 Å². The second-order valence-electron chi connectivity index (χ2n) is 3.70. The van der Waals surface area contributed by atoms with E-state index in [9.17, 15) is 0 Å². The molecule has 5 heteroatoms. The van der Waals surface area contributed by atoms with Gasteiger partial charge in [0.1, 0.15) is 5.76 Å². The first-order valence-corrected chi connectivity index (χ1v) is 5.39. The van der Waals surface area contributed by atoms with Crippen LogP contribution in [0.2, 0.25) is 0 Å². The first-order chi connectivity index (χ1) is 7.79. The molecule has 86 valence electrons. The van der Waals surface area contributed by atoms with Gasteiger partial charge in [0.25, 0.3) is 0 Å². The zero-order valence-corrected chi connectivity index (χ0v) is 9.60. The molecule has 2 heterocycles. The van der Waals surface area contributed by atoms with Crippen molar-refractivity contribution in [3.05, 3.63) is 35.8 Å². The molecule has 0 amide bonds. The lowest BCUT2D eigenvalue weighted by Crippen LogP contribution is -2.12. The van der Waals surface area contributed by atoms with Crippen LogP contribution >= 0.6 is 0 Å². The fraction of sp³-hybridized carbons (Fsp3) is 0.455. The number of nitrogens with zero attached hydrogens (tertiary/aromatic N) is 3. The van der Waals surface area contributed by atoms with E-state index in [1.54, 1.807) is 6.20 Å². The number of oxazole rings is 1. The molecule has 0 aliphatic carbocycles. The third kappa shape index (κ3) is 2.49. The molecule has 0 unspecified atom stereocenters. The van der Waals surface area contributed by atoms with E-state index in [1.165, 1.54) is 12.0 Å². The van der Waals surface area contributed by atoms with Crippen molar-refractivity contribution in [1.82, 2.24) is 20.1 Å². The lowest BCUT2D eigenvalue weighted by atomic mass is 10.2. The van der Waals surface area contributed by atoms with E-state index in [4.69, 9.17) is 4.42 Å². The van der Waals surface area contributed by atoms with Gasteiger partial charge in [0.05, 0.1) is 18.4 Å². The Hall–Kier alpha value is -1.62. The maximum absolute atomic E-state index is 5.14. The molecule has 0 spiro atoms. The summed E-state index contributed by atoms with van der Waals surface area (Å²) in [5.74, 6) is 0.849. The fourth-order valence-electron chi connectivity index (χ4n) is 1.68. The van der Waals surface area contributed by atoms with Gasteiger partial charge in [-0.1, -0.05) is 6.92 Å². The van der Waals surface area contributed by atoms with Crippen LogP contribution in [0.3, 0.4) is 0 Å². The lowest BCUT2D eigenvalue weighted by molar-refractivity contribution is 0.478. The van der Waals surface area contributed by atoms with Gasteiger partial charge in [-0.25, -0.2) is 4.98 Å². The summed E-state index contributed by atoms with van der Waals surface area (Å²) in [4.78, 5) is 3.86. The monoisotopic (exact) mass is 220 g/mol. The molecule has 2 aromatic rings. The molecule has 0 aromatic carbocycles. The summed E-state index contributed by atoms with van der Waals surface area (Å²) in [5, 5.41) is 7.69. The molecule has 1 N–H and O–H groups in total. The summed E-state index contributed by atoms with van der Waals surface area (Å²) >= 11 is 0. The average molecular weight is 220 g/mol. The Balaban J connectivity index is 1.89. The summed E-state index contributed by atoms with van der Waals surface area (Å²) in [7, 11) is 1.94. The smallest absolute Gasteiger partial charge is 0.180 e. The van der Waals surface area contributed by atoms with Crippen molar-refractivity contribution in [1.29, 1.82) is 0 Å². The second kappa shape index (κ2) is 4.94. The number of rotatable bonds is 5. The molecular formula is C11H16N4O. The molecule has 0 saturated carbocycles. The van der Waals surface area contributed by atoms with E-state index in [2.05, 4.69) is 22.3 Å². The third-order valence-electron chi connectivity index (χ3n) is 2.42. The molecule has 0 radical (unpaired) electrons. The van der Waals surface area contributed by atoms with Crippen molar-refractivity contribution in [3.8, 4) is 0 Å². The first-order valence-electron chi connectivity index (χ1n) is 5.39. The molecule has 2 rings (SSSR count). The Kier molecular flexibility index (Phi) is 3.36. The fourth-order valence-corrected chi connectivity index (χ4v) is 1.68. The Bertz CT molecular complexity index is 433. The molecule has 0 aliphatic heterocycles. The van der Waals surface area contributed by atoms with Crippen LogP contribution in [0.15, 0.2) is 23.2 Å². The lowest BCUT2D eigenvalue weighted by Gasteiger charge is -2.01. The number of hydrogen-bond donors (Lipinski definition) is 1. The number of nitrogens with one attached hydrogen (secondary N) is 1. The highest BCUT2D eigenvalue weighted by atomic mass is 16.3. The minimum Gasteiger partial charge on any atom is -0.447 e. The Morgan fingerprint density at radius 3 is 3.00 bits per heavy atom. The summed E-state index contributed by atoms with van der Waals surface area (Å²) in [5.41, 5.74) is 2.39. The topological polar surface area (TPSA) is 55.9 Å². The second-order valence-corrected chi connectivity index (χ2v) is 3.70. The normalized spacial score (nSPS) is 10.9. The van der Waals surface area contributed by atoms with E-state index in [1.807, 2.05) is 17.9 Å². The Morgan fingerprint density at radius 2 is 2.31 bits per heavy atom. The standard InChI is InChI=1S/C11H16N4O/c1-3-11-9(7-15(2)14-11)4-12-5-10-6-13-8-16-10/h6-8,12H,3-5H2,1-2H3. The molecule has 16 heavy (non-hydrogen) atoms. The molecule has 0 aliphatic rings. The molecule has 5 nitrogen and oxygen atoms in total. The minimum absolute atomic E-state index is 0.693. The van der Waals surface area contributed by atoms with Gasteiger partial charge in [-0.3, -0.25) is 4.68 Å². The minimum atomic E-state index is 0.693. The van der Waals surface area contributed by atoms with Gasteiger partial charge in [0, 0.05) is 25.4 Å². The van der Waals surface area contributed by atoms with Crippen molar-refractivity contribution < 1.29 is 4.42 Å². The van der Waals surface area contributed by atoms with Crippen LogP contribution in [0.25, 0.3) is 0 Å². The van der Waals surface area contributed by atoms with Gasteiger partial charge in [-0.2, -0.15) is 5.10 Å². The van der Waals surface area contributed by atoms with Gasteiger partial charge in [-0.15, -0.1) is 0 Å². The number of aromatic nitrogens is 3. The van der Waals surface area contributed by atoms with Crippen molar-refractivity contribution in [3.63, 3.8) is 0 Å². The summed E-state index contributed by atoms with van der Waals surface area (Å²) in [6.45, 7) is 3.61. The largest absolute Gasteiger partial charge is 0.447 e. The van der Waals surface area contributed by atoms with Crippen LogP contribution < -0.4 is 5.32 Å². The Morgan fingerprint density at radius 1 is 1.44 bits per heavy atom. The van der Waals surface area contributed by atoms with Gasteiger partial charge < -0.3 is 9.73 Å². The first kappa shape index (κ1) is 10.9. The highest BCUT2D eigenvalue weighted by molar-refractivity contribution is 5.16. The van der Waals surface area contributed by atoms with Crippen molar-refractivity contribution >= 4 is 0 Å². The maximum Gasteiger partial charge on any atom is 0.180 e. The maximum atomic E-state index is 5.14. The predicted octanol–water partition coefficient (Wildman–Crippen LogP) is 1.26. The van der Waals surface area contributed by atoms with E-state index in [-0.39, 0.29) is 0 Å². The van der Waals surface area contributed by atoms with Crippen molar-refractivity contribution in [2.24, 2.45) is 7.05 Å². The van der Waals surface area contributed by atoms with E-state index >= 15 is 0 Å².